The largest absolute Gasteiger partial charge is 0.497 e. The van der Waals surface area contributed by atoms with E-state index in [1.165, 1.54) is 24.3 Å². The molecule has 0 saturated heterocycles. The fourth-order valence-corrected chi connectivity index (χ4v) is 5.41. The van der Waals surface area contributed by atoms with Gasteiger partial charge >= 0.3 is 5.97 Å². The molecule has 1 aliphatic heterocycles. The molecule has 0 aromatic heterocycles. The van der Waals surface area contributed by atoms with Crippen LogP contribution in [0.1, 0.15) is 27.1 Å². The third kappa shape index (κ3) is 4.17. The second kappa shape index (κ2) is 9.11. The first-order chi connectivity index (χ1) is 16.2. The first-order valence-electron chi connectivity index (χ1n) is 10.4. The van der Waals surface area contributed by atoms with Crippen LogP contribution < -0.4 is 4.74 Å². The number of carbonyl (C=O) groups is 3. The standard InChI is InChI=1S/C25H21NO7S/c1-33-18-10-6-16(7-11-18)17-8-12-19(13-9-17)34(31,32)22(25(29)30)14-15-26-23(27)20-4-2-3-5-21(20)24(26)28/h2-13,22H,14-15H2,1H3,(H,29,30). The van der Waals surface area contributed by atoms with E-state index in [0.717, 1.165) is 16.0 Å². The summed E-state index contributed by atoms with van der Waals surface area (Å²) in [4.78, 5) is 37.7. The van der Waals surface area contributed by atoms with Gasteiger partial charge in [-0.05, 0) is 53.9 Å². The average Bonchev–Trinajstić information content (AvgIpc) is 3.09. The van der Waals surface area contributed by atoms with E-state index in [4.69, 9.17) is 4.74 Å². The third-order valence-corrected chi connectivity index (χ3v) is 7.86. The van der Waals surface area contributed by atoms with Crippen LogP contribution in [-0.4, -0.2) is 55.1 Å². The summed E-state index contributed by atoms with van der Waals surface area (Å²) in [5.41, 5.74) is 2.03. The molecule has 0 radical (unpaired) electrons. The number of carboxylic acid groups (broad SMARTS) is 1. The zero-order valence-electron chi connectivity index (χ0n) is 18.2. The molecule has 1 aliphatic rings. The minimum atomic E-state index is -4.27. The number of sulfone groups is 1. The Balaban J connectivity index is 1.53. The first kappa shape index (κ1) is 23.2. The second-order valence-corrected chi connectivity index (χ2v) is 9.85. The highest BCUT2D eigenvalue weighted by Crippen LogP contribution is 2.27. The summed E-state index contributed by atoms with van der Waals surface area (Å²) in [6.07, 6.45) is -0.427. The molecular weight excluding hydrogens is 458 g/mol. The normalized spacial score (nSPS) is 14.1. The highest BCUT2D eigenvalue weighted by molar-refractivity contribution is 7.92. The van der Waals surface area contributed by atoms with E-state index in [1.54, 1.807) is 43.5 Å². The molecule has 0 bridgehead atoms. The van der Waals surface area contributed by atoms with E-state index in [9.17, 15) is 27.9 Å². The van der Waals surface area contributed by atoms with Gasteiger partial charge in [-0.25, -0.2) is 8.42 Å². The summed E-state index contributed by atoms with van der Waals surface area (Å²) in [6, 6.07) is 19.3. The van der Waals surface area contributed by atoms with Crippen LogP contribution in [-0.2, 0) is 14.6 Å². The maximum atomic E-state index is 13.1. The smallest absolute Gasteiger partial charge is 0.322 e. The van der Waals surface area contributed by atoms with Crippen molar-refractivity contribution in [2.24, 2.45) is 0 Å². The van der Waals surface area contributed by atoms with Gasteiger partial charge in [0.05, 0.1) is 23.1 Å². The number of fused-ring (bicyclic) bond motifs is 1. The average molecular weight is 480 g/mol. The molecule has 1 atom stereocenters. The maximum absolute atomic E-state index is 13.1. The van der Waals surface area contributed by atoms with E-state index in [1.807, 2.05) is 12.1 Å². The molecule has 1 N–H and O–H groups in total. The molecule has 9 heteroatoms. The van der Waals surface area contributed by atoms with Gasteiger partial charge in [-0.3, -0.25) is 19.3 Å². The Morgan fingerprint density at radius 2 is 1.38 bits per heavy atom. The Morgan fingerprint density at radius 3 is 1.85 bits per heavy atom. The van der Waals surface area contributed by atoms with Crippen molar-refractivity contribution >= 4 is 27.6 Å². The number of hydrogen-bond acceptors (Lipinski definition) is 6. The van der Waals surface area contributed by atoms with Gasteiger partial charge in [0, 0.05) is 6.54 Å². The van der Waals surface area contributed by atoms with Crippen molar-refractivity contribution < 1.29 is 32.6 Å². The van der Waals surface area contributed by atoms with Gasteiger partial charge in [0.25, 0.3) is 11.8 Å². The Hall–Kier alpha value is -3.98. The lowest BCUT2D eigenvalue weighted by molar-refractivity contribution is -0.136. The van der Waals surface area contributed by atoms with E-state index in [0.29, 0.717) is 5.75 Å². The molecule has 1 heterocycles. The van der Waals surface area contributed by atoms with Crippen LogP contribution in [0.15, 0.2) is 77.7 Å². The summed E-state index contributed by atoms with van der Waals surface area (Å²) in [7, 11) is -2.72. The third-order valence-electron chi connectivity index (χ3n) is 5.75. The predicted octanol–water partition coefficient (Wildman–Crippen LogP) is 3.28. The molecule has 34 heavy (non-hydrogen) atoms. The van der Waals surface area contributed by atoms with E-state index >= 15 is 0 Å². The molecule has 0 fully saturated rings. The number of hydrogen-bond donors (Lipinski definition) is 1. The molecule has 8 nitrogen and oxygen atoms in total. The van der Waals surface area contributed by atoms with Crippen molar-refractivity contribution in [2.75, 3.05) is 13.7 Å². The van der Waals surface area contributed by atoms with Crippen LogP contribution in [0.2, 0.25) is 0 Å². The number of amides is 2. The Morgan fingerprint density at radius 1 is 0.882 bits per heavy atom. The predicted molar refractivity (Wildman–Crippen MR) is 123 cm³/mol. The van der Waals surface area contributed by atoms with Gasteiger partial charge in [-0.15, -0.1) is 0 Å². The number of methoxy groups -OCH3 is 1. The van der Waals surface area contributed by atoms with Gasteiger partial charge in [-0.1, -0.05) is 36.4 Å². The lowest BCUT2D eigenvalue weighted by atomic mass is 10.1. The quantitative estimate of drug-likeness (QED) is 0.493. The summed E-state index contributed by atoms with van der Waals surface area (Å²) >= 11 is 0. The lowest BCUT2D eigenvalue weighted by Crippen LogP contribution is -2.37. The molecule has 3 aromatic carbocycles. The first-order valence-corrected chi connectivity index (χ1v) is 11.9. The fraction of sp³-hybridized carbons (Fsp3) is 0.160. The minimum absolute atomic E-state index is 0.153. The molecule has 0 aliphatic carbocycles. The fourth-order valence-electron chi connectivity index (χ4n) is 3.88. The highest BCUT2D eigenvalue weighted by Gasteiger charge is 2.39. The second-order valence-electron chi connectivity index (χ2n) is 7.72. The van der Waals surface area contributed by atoms with Crippen molar-refractivity contribution in [1.82, 2.24) is 4.90 Å². The summed E-state index contributed by atoms with van der Waals surface area (Å²) in [5, 5.41) is 7.84. The van der Waals surface area contributed by atoms with Crippen LogP contribution in [0, 0.1) is 0 Å². The zero-order valence-corrected chi connectivity index (χ0v) is 19.0. The number of rotatable bonds is 8. The van der Waals surface area contributed by atoms with Gasteiger partial charge in [0.2, 0.25) is 0 Å². The number of ether oxygens (including phenoxy) is 1. The maximum Gasteiger partial charge on any atom is 0.322 e. The highest BCUT2D eigenvalue weighted by atomic mass is 32.2. The van der Waals surface area contributed by atoms with Crippen LogP contribution >= 0.6 is 0 Å². The zero-order chi connectivity index (χ0) is 24.5. The van der Waals surface area contributed by atoms with E-state index < -0.39 is 39.3 Å². The molecule has 4 rings (SSSR count). The number of imide groups is 1. The molecule has 0 spiro atoms. The number of aliphatic carboxylic acids is 1. The molecule has 174 valence electrons. The molecular formula is C25H21NO7S. The SMILES string of the molecule is COc1ccc(-c2ccc(S(=O)(=O)C(CCN3C(=O)c4ccccc4C3=O)C(=O)O)cc2)cc1. The lowest BCUT2D eigenvalue weighted by Gasteiger charge is -2.18. The Bertz CT molecular complexity index is 1330. The molecule has 0 saturated carbocycles. The topological polar surface area (TPSA) is 118 Å². The van der Waals surface area contributed by atoms with Gasteiger partial charge in [0.15, 0.2) is 15.1 Å². The van der Waals surface area contributed by atoms with Crippen molar-refractivity contribution in [1.29, 1.82) is 0 Å². The summed E-state index contributed by atoms with van der Waals surface area (Å²) in [6.45, 7) is -0.327. The summed E-state index contributed by atoms with van der Waals surface area (Å²) < 4.78 is 31.3. The van der Waals surface area contributed by atoms with E-state index in [2.05, 4.69) is 0 Å². The van der Waals surface area contributed by atoms with Gasteiger partial charge in [-0.2, -0.15) is 0 Å². The molecule has 1 unspecified atom stereocenters. The van der Waals surface area contributed by atoms with Gasteiger partial charge < -0.3 is 9.84 Å². The van der Waals surface area contributed by atoms with E-state index in [-0.39, 0.29) is 22.6 Å². The van der Waals surface area contributed by atoms with Crippen molar-refractivity contribution in [3.8, 4) is 16.9 Å². The van der Waals surface area contributed by atoms with Crippen molar-refractivity contribution in [2.45, 2.75) is 16.6 Å². The Labute approximate surface area is 196 Å². The van der Waals surface area contributed by atoms with Crippen molar-refractivity contribution in [3.63, 3.8) is 0 Å². The number of carbonyl (C=O) groups excluding carboxylic acids is 2. The van der Waals surface area contributed by atoms with Crippen LogP contribution in [0.5, 0.6) is 5.75 Å². The van der Waals surface area contributed by atoms with Crippen molar-refractivity contribution in [3.05, 3.63) is 83.9 Å². The van der Waals surface area contributed by atoms with Crippen LogP contribution in [0.4, 0.5) is 0 Å². The molecule has 3 aromatic rings. The van der Waals surface area contributed by atoms with Gasteiger partial charge in [0.1, 0.15) is 5.75 Å². The monoisotopic (exact) mass is 479 g/mol. The number of benzene rings is 3. The molecule has 2 amide bonds. The number of nitrogens with zero attached hydrogens (tertiary/aromatic N) is 1. The minimum Gasteiger partial charge on any atom is -0.497 e. The van der Waals surface area contributed by atoms with Crippen LogP contribution in [0.3, 0.4) is 0 Å². The summed E-state index contributed by atoms with van der Waals surface area (Å²) in [5.74, 6) is -1.99. The Kier molecular flexibility index (Phi) is 6.21. The van der Waals surface area contributed by atoms with Crippen LogP contribution in [0.25, 0.3) is 11.1 Å². The number of carboxylic acids is 1.